The summed E-state index contributed by atoms with van der Waals surface area (Å²) < 4.78 is 0. The maximum Gasteiger partial charge on any atom is 0.0606 e. The van der Waals surface area contributed by atoms with E-state index >= 15 is 0 Å². The zero-order chi connectivity index (χ0) is 13.5. The summed E-state index contributed by atoms with van der Waals surface area (Å²) in [6.07, 6.45) is 2.16. The molecule has 0 radical (unpaired) electrons. The van der Waals surface area contributed by atoms with E-state index in [0.717, 1.165) is 18.4 Å². The zero-order valence-electron chi connectivity index (χ0n) is 11.8. The highest BCUT2D eigenvalue weighted by molar-refractivity contribution is 5.60. The monoisotopic (exact) mass is 250 g/mol. The normalized spacial score (nSPS) is 11.0. The maximum absolute atomic E-state index is 9.32. The molecule has 0 unspecified atom stereocenters. The number of nitrogens with two attached hydrogens (primary N) is 1. The van der Waals surface area contributed by atoms with E-state index in [4.69, 9.17) is 5.73 Å². The lowest BCUT2D eigenvalue weighted by Gasteiger charge is -2.35. The van der Waals surface area contributed by atoms with Crippen LogP contribution in [-0.4, -0.2) is 24.3 Å². The van der Waals surface area contributed by atoms with Gasteiger partial charge in [-0.2, -0.15) is 0 Å². The molecule has 102 valence electrons. The van der Waals surface area contributed by atoms with E-state index in [9.17, 15) is 5.11 Å². The van der Waals surface area contributed by atoms with E-state index < -0.39 is 0 Å². The molecule has 0 bridgehead atoms. The van der Waals surface area contributed by atoms with Gasteiger partial charge in [0.1, 0.15) is 0 Å². The number of benzene rings is 1. The Labute approximate surface area is 111 Å². The summed E-state index contributed by atoms with van der Waals surface area (Å²) in [6.45, 7) is 7.89. The Bertz CT molecular complexity index is 362. The third kappa shape index (κ3) is 3.24. The second kappa shape index (κ2) is 7.39. The lowest BCUT2D eigenvalue weighted by molar-refractivity contribution is 0.295. The Morgan fingerprint density at radius 3 is 2.44 bits per heavy atom. The van der Waals surface area contributed by atoms with Crippen molar-refractivity contribution in [1.29, 1.82) is 0 Å². The van der Waals surface area contributed by atoms with Crippen molar-refractivity contribution < 1.29 is 5.11 Å². The molecule has 0 saturated carbocycles. The fourth-order valence-electron chi connectivity index (χ4n) is 2.61. The van der Waals surface area contributed by atoms with Gasteiger partial charge in [0.05, 0.1) is 6.61 Å². The predicted octanol–water partition coefficient (Wildman–Crippen LogP) is 2.44. The lowest BCUT2D eigenvalue weighted by atomic mass is 10.0. The van der Waals surface area contributed by atoms with Crippen LogP contribution < -0.4 is 10.6 Å². The van der Waals surface area contributed by atoms with Gasteiger partial charge in [-0.3, -0.25) is 0 Å². The van der Waals surface area contributed by atoms with E-state index in [1.54, 1.807) is 0 Å². The van der Waals surface area contributed by atoms with Gasteiger partial charge in [0.2, 0.25) is 0 Å². The summed E-state index contributed by atoms with van der Waals surface area (Å²) in [5.41, 5.74) is 9.46. The smallest absolute Gasteiger partial charge is 0.0606 e. The predicted molar refractivity (Wildman–Crippen MR) is 77.9 cm³/mol. The van der Waals surface area contributed by atoms with Gasteiger partial charge in [-0.25, -0.2) is 0 Å². The van der Waals surface area contributed by atoms with Crippen molar-refractivity contribution in [1.82, 2.24) is 0 Å². The van der Waals surface area contributed by atoms with Crippen molar-refractivity contribution >= 4 is 5.69 Å². The van der Waals surface area contributed by atoms with E-state index in [0.29, 0.717) is 19.1 Å². The molecule has 0 aliphatic carbocycles. The summed E-state index contributed by atoms with van der Waals surface area (Å²) in [5, 5.41) is 9.32. The van der Waals surface area contributed by atoms with Crippen LogP contribution >= 0.6 is 0 Å². The molecule has 0 saturated heterocycles. The van der Waals surface area contributed by atoms with Crippen LogP contribution in [0.1, 0.15) is 37.8 Å². The summed E-state index contributed by atoms with van der Waals surface area (Å²) in [5.74, 6) is 0. The number of hydrogen-bond donors (Lipinski definition) is 2. The molecule has 3 nitrogen and oxygen atoms in total. The zero-order valence-corrected chi connectivity index (χ0v) is 11.8. The minimum atomic E-state index is 0.175. The molecule has 0 heterocycles. The first-order valence-corrected chi connectivity index (χ1v) is 6.85. The van der Waals surface area contributed by atoms with Gasteiger partial charge < -0.3 is 15.7 Å². The van der Waals surface area contributed by atoms with Gasteiger partial charge >= 0.3 is 0 Å². The molecule has 1 aromatic rings. The standard InChI is InChI=1S/C15H26N2O/c1-4-14(5-2)17(9-10-18)15-12(3)7-6-8-13(15)11-16/h6-8,14,18H,4-5,9-11,16H2,1-3H3. The number of hydrogen-bond acceptors (Lipinski definition) is 3. The SMILES string of the molecule is CCC(CC)N(CCO)c1c(C)cccc1CN. The minimum absolute atomic E-state index is 0.175. The molecule has 0 aliphatic heterocycles. The maximum atomic E-state index is 9.32. The molecular formula is C15H26N2O. The molecule has 1 rings (SSSR count). The van der Waals surface area contributed by atoms with E-state index in [2.05, 4.69) is 37.8 Å². The third-order valence-corrected chi connectivity index (χ3v) is 3.55. The van der Waals surface area contributed by atoms with Crippen LogP contribution in [0.15, 0.2) is 18.2 Å². The molecular weight excluding hydrogens is 224 g/mol. The second-order valence-corrected chi connectivity index (χ2v) is 4.67. The number of rotatable bonds is 7. The highest BCUT2D eigenvalue weighted by Crippen LogP contribution is 2.28. The Morgan fingerprint density at radius 2 is 1.94 bits per heavy atom. The molecule has 0 spiro atoms. The topological polar surface area (TPSA) is 49.5 Å². The summed E-state index contributed by atoms with van der Waals surface area (Å²) in [6, 6.07) is 6.70. The van der Waals surface area contributed by atoms with Crippen molar-refractivity contribution in [3.8, 4) is 0 Å². The molecule has 1 aromatic carbocycles. The number of aryl methyl sites for hydroxylation is 1. The molecule has 18 heavy (non-hydrogen) atoms. The van der Waals surface area contributed by atoms with Gasteiger partial charge in [0, 0.05) is 24.8 Å². The Morgan fingerprint density at radius 1 is 1.28 bits per heavy atom. The molecule has 0 fully saturated rings. The molecule has 0 amide bonds. The minimum Gasteiger partial charge on any atom is -0.395 e. The first kappa shape index (κ1) is 15.0. The van der Waals surface area contributed by atoms with Crippen molar-refractivity contribution in [3.63, 3.8) is 0 Å². The van der Waals surface area contributed by atoms with Gasteiger partial charge in [0.25, 0.3) is 0 Å². The number of para-hydroxylation sites is 1. The first-order chi connectivity index (χ1) is 8.69. The van der Waals surface area contributed by atoms with E-state index in [-0.39, 0.29) is 6.61 Å². The fraction of sp³-hybridized carbons (Fsp3) is 0.600. The van der Waals surface area contributed by atoms with Gasteiger partial charge in [-0.05, 0) is 30.9 Å². The van der Waals surface area contributed by atoms with Crippen LogP contribution in [0.5, 0.6) is 0 Å². The van der Waals surface area contributed by atoms with Crippen LogP contribution in [0.3, 0.4) is 0 Å². The Balaban J connectivity index is 3.19. The third-order valence-electron chi connectivity index (χ3n) is 3.55. The van der Waals surface area contributed by atoms with E-state index in [1.807, 2.05) is 6.07 Å². The fourth-order valence-corrected chi connectivity index (χ4v) is 2.61. The molecule has 0 atom stereocenters. The molecule has 0 aliphatic rings. The number of anilines is 1. The second-order valence-electron chi connectivity index (χ2n) is 4.67. The Kier molecular flexibility index (Phi) is 6.16. The van der Waals surface area contributed by atoms with Crippen LogP contribution in [0.2, 0.25) is 0 Å². The van der Waals surface area contributed by atoms with Gasteiger partial charge in [-0.1, -0.05) is 32.0 Å². The van der Waals surface area contributed by atoms with Crippen molar-refractivity contribution in [2.45, 2.75) is 46.2 Å². The van der Waals surface area contributed by atoms with Crippen LogP contribution in [-0.2, 0) is 6.54 Å². The quantitative estimate of drug-likeness (QED) is 0.781. The number of nitrogens with zero attached hydrogens (tertiary/aromatic N) is 1. The highest BCUT2D eigenvalue weighted by atomic mass is 16.3. The molecule has 3 heteroatoms. The average molecular weight is 250 g/mol. The largest absolute Gasteiger partial charge is 0.395 e. The number of aliphatic hydroxyl groups excluding tert-OH is 1. The molecule has 3 N–H and O–H groups in total. The van der Waals surface area contributed by atoms with Crippen LogP contribution in [0.25, 0.3) is 0 Å². The number of aliphatic hydroxyl groups is 1. The molecule has 0 aromatic heterocycles. The summed E-state index contributed by atoms with van der Waals surface area (Å²) in [7, 11) is 0. The summed E-state index contributed by atoms with van der Waals surface area (Å²) in [4.78, 5) is 2.32. The lowest BCUT2D eigenvalue weighted by Crippen LogP contribution is -2.38. The average Bonchev–Trinajstić information content (AvgIpc) is 2.39. The Hall–Kier alpha value is -1.06. The van der Waals surface area contributed by atoms with Crippen LogP contribution in [0.4, 0.5) is 5.69 Å². The van der Waals surface area contributed by atoms with Crippen molar-refractivity contribution in [3.05, 3.63) is 29.3 Å². The van der Waals surface area contributed by atoms with Crippen molar-refractivity contribution in [2.24, 2.45) is 5.73 Å². The van der Waals surface area contributed by atoms with Crippen LogP contribution in [0, 0.1) is 6.92 Å². The van der Waals surface area contributed by atoms with Crippen molar-refractivity contribution in [2.75, 3.05) is 18.1 Å². The highest BCUT2D eigenvalue weighted by Gasteiger charge is 2.19. The van der Waals surface area contributed by atoms with E-state index in [1.165, 1.54) is 11.3 Å². The summed E-state index contributed by atoms with van der Waals surface area (Å²) >= 11 is 0. The van der Waals surface area contributed by atoms with Gasteiger partial charge in [-0.15, -0.1) is 0 Å². The van der Waals surface area contributed by atoms with Gasteiger partial charge in [0.15, 0.2) is 0 Å². The first-order valence-electron chi connectivity index (χ1n) is 6.85.